The molecule has 1 unspecified atom stereocenters. The van der Waals surface area contributed by atoms with Crippen LogP contribution in [-0.4, -0.2) is 27.4 Å². The van der Waals surface area contributed by atoms with Crippen molar-refractivity contribution in [2.24, 2.45) is 5.92 Å². The van der Waals surface area contributed by atoms with Crippen molar-refractivity contribution in [2.45, 2.75) is 25.7 Å². The fourth-order valence-corrected chi connectivity index (χ4v) is 4.32. The highest BCUT2D eigenvalue weighted by Crippen LogP contribution is 2.23. The van der Waals surface area contributed by atoms with Crippen LogP contribution in [-0.2, 0) is 12.8 Å². The molecule has 162 valence electrons. The molecule has 3 N–H and O–H groups in total. The molecule has 1 aliphatic rings. The van der Waals surface area contributed by atoms with Gasteiger partial charge >= 0.3 is 0 Å². The summed E-state index contributed by atoms with van der Waals surface area (Å²) in [5.74, 6) is 0.289. The fourth-order valence-electron chi connectivity index (χ4n) is 4.32. The number of rotatable bonds is 4. The zero-order valence-electron chi connectivity index (χ0n) is 17.5. The van der Waals surface area contributed by atoms with E-state index in [1.54, 1.807) is 12.1 Å². The number of carbonyl (C=O) groups is 1. The van der Waals surface area contributed by atoms with E-state index in [1.807, 2.05) is 30.5 Å². The zero-order chi connectivity index (χ0) is 22.1. The number of aromatic nitrogens is 3. The SMILES string of the molecule is O=C(NCC1CCc2nc(-c3ccc(F)cc3)[nH]c(=O)c2CC1)c1ccc2cc[nH]c2c1. The number of nitrogens with zero attached hydrogens (tertiary/aromatic N) is 1. The summed E-state index contributed by atoms with van der Waals surface area (Å²) in [6.07, 6.45) is 4.79. The van der Waals surface area contributed by atoms with Gasteiger partial charge in [0.15, 0.2) is 0 Å². The van der Waals surface area contributed by atoms with E-state index < -0.39 is 0 Å². The zero-order valence-corrected chi connectivity index (χ0v) is 17.5. The average Bonchev–Trinajstić information content (AvgIpc) is 3.17. The molecule has 0 fully saturated rings. The number of fused-ring (bicyclic) bond motifs is 2. The Kier molecular flexibility index (Phi) is 5.31. The monoisotopic (exact) mass is 430 g/mol. The second-order valence-electron chi connectivity index (χ2n) is 8.28. The second kappa shape index (κ2) is 8.42. The number of aryl methyl sites for hydroxylation is 1. The third-order valence-corrected chi connectivity index (χ3v) is 6.18. The van der Waals surface area contributed by atoms with E-state index in [-0.39, 0.29) is 23.2 Å². The van der Waals surface area contributed by atoms with Crippen molar-refractivity contribution in [3.8, 4) is 11.4 Å². The number of carbonyl (C=O) groups excluding carboxylic acids is 1. The van der Waals surface area contributed by atoms with Crippen molar-refractivity contribution in [1.82, 2.24) is 20.3 Å². The van der Waals surface area contributed by atoms with Gasteiger partial charge in [-0.2, -0.15) is 0 Å². The van der Waals surface area contributed by atoms with Gasteiger partial charge in [-0.05, 0) is 79.5 Å². The van der Waals surface area contributed by atoms with Crippen LogP contribution in [0.15, 0.2) is 59.5 Å². The van der Waals surface area contributed by atoms with Gasteiger partial charge in [0.2, 0.25) is 0 Å². The maximum atomic E-state index is 13.2. The van der Waals surface area contributed by atoms with Crippen molar-refractivity contribution < 1.29 is 9.18 Å². The van der Waals surface area contributed by atoms with Gasteiger partial charge in [-0.1, -0.05) is 6.07 Å². The van der Waals surface area contributed by atoms with E-state index in [9.17, 15) is 14.0 Å². The molecule has 1 aliphatic carbocycles. The normalized spacial score (nSPS) is 15.8. The Morgan fingerprint density at radius 1 is 1.09 bits per heavy atom. The van der Waals surface area contributed by atoms with E-state index >= 15 is 0 Å². The van der Waals surface area contributed by atoms with Gasteiger partial charge in [0, 0.05) is 34.9 Å². The minimum absolute atomic E-state index is 0.0992. The summed E-state index contributed by atoms with van der Waals surface area (Å²) in [7, 11) is 0. The largest absolute Gasteiger partial charge is 0.361 e. The first-order valence-electron chi connectivity index (χ1n) is 10.8. The molecular weight excluding hydrogens is 407 g/mol. The predicted molar refractivity (Wildman–Crippen MR) is 121 cm³/mol. The minimum atomic E-state index is -0.330. The summed E-state index contributed by atoms with van der Waals surface area (Å²) >= 11 is 0. The quantitative estimate of drug-likeness (QED) is 0.428. The molecule has 2 heterocycles. The van der Waals surface area contributed by atoms with Crippen LogP contribution in [0, 0.1) is 11.7 Å². The Labute approximate surface area is 183 Å². The lowest BCUT2D eigenvalue weighted by molar-refractivity contribution is 0.0946. The molecule has 2 aromatic carbocycles. The molecule has 4 aromatic rings. The Morgan fingerprint density at radius 3 is 2.75 bits per heavy atom. The predicted octanol–water partition coefficient (Wildman–Crippen LogP) is 3.98. The molecule has 32 heavy (non-hydrogen) atoms. The Bertz CT molecular complexity index is 1340. The average molecular weight is 430 g/mol. The molecule has 0 saturated heterocycles. The Balaban J connectivity index is 1.26. The van der Waals surface area contributed by atoms with Crippen molar-refractivity contribution in [3.05, 3.63) is 87.7 Å². The highest BCUT2D eigenvalue weighted by molar-refractivity contribution is 5.97. The fraction of sp³-hybridized carbons (Fsp3) is 0.240. The van der Waals surface area contributed by atoms with E-state index in [0.717, 1.165) is 29.4 Å². The van der Waals surface area contributed by atoms with Gasteiger partial charge in [0.25, 0.3) is 11.5 Å². The number of benzene rings is 2. The van der Waals surface area contributed by atoms with Gasteiger partial charge in [-0.25, -0.2) is 9.37 Å². The first-order valence-corrected chi connectivity index (χ1v) is 10.8. The van der Waals surface area contributed by atoms with E-state index in [0.29, 0.717) is 41.9 Å². The third kappa shape index (κ3) is 4.06. The minimum Gasteiger partial charge on any atom is -0.361 e. The summed E-state index contributed by atoms with van der Waals surface area (Å²) in [4.78, 5) is 35.9. The summed E-state index contributed by atoms with van der Waals surface area (Å²) < 4.78 is 13.2. The lowest BCUT2D eigenvalue weighted by atomic mass is 9.99. The Morgan fingerprint density at radius 2 is 1.91 bits per heavy atom. The number of hydrogen-bond acceptors (Lipinski definition) is 3. The summed E-state index contributed by atoms with van der Waals surface area (Å²) in [6, 6.07) is 13.5. The van der Waals surface area contributed by atoms with Crippen LogP contribution in [0.25, 0.3) is 22.3 Å². The van der Waals surface area contributed by atoms with Crippen molar-refractivity contribution in [3.63, 3.8) is 0 Å². The van der Waals surface area contributed by atoms with Crippen LogP contribution in [0.5, 0.6) is 0 Å². The van der Waals surface area contributed by atoms with Gasteiger partial charge in [-0.15, -0.1) is 0 Å². The lowest BCUT2D eigenvalue weighted by Gasteiger charge is -2.14. The van der Waals surface area contributed by atoms with Crippen LogP contribution in [0.4, 0.5) is 4.39 Å². The Hall–Kier alpha value is -3.74. The summed E-state index contributed by atoms with van der Waals surface area (Å²) in [5.41, 5.74) is 3.60. The van der Waals surface area contributed by atoms with Crippen molar-refractivity contribution in [2.75, 3.05) is 6.54 Å². The van der Waals surface area contributed by atoms with Crippen LogP contribution in [0.3, 0.4) is 0 Å². The molecule has 0 spiro atoms. The molecule has 0 aliphatic heterocycles. The van der Waals surface area contributed by atoms with Gasteiger partial charge in [0.1, 0.15) is 11.6 Å². The molecule has 6 nitrogen and oxygen atoms in total. The maximum Gasteiger partial charge on any atom is 0.254 e. The maximum absolute atomic E-state index is 13.2. The van der Waals surface area contributed by atoms with Gasteiger partial charge in [-0.3, -0.25) is 9.59 Å². The number of hydrogen-bond donors (Lipinski definition) is 3. The van der Waals surface area contributed by atoms with E-state index in [4.69, 9.17) is 0 Å². The molecule has 0 saturated carbocycles. The number of aromatic amines is 2. The number of amides is 1. The third-order valence-electron chi connectivity index (χ3n) is 6.18. The molecule has 7 heteroatoms. The van der Waals surface area contributed by atoms with Crippen molar-refractivity contribution in [1.29, 1.82) is 0 Å². The highest BCUT2D eigenvalue weighted by Gasteiger charge is 2.21. The van der Waals surface area contributed by atoms with Crippen molar-refractivity contribution >= 4 is 16.8 Å². The smallest absolute Gasteiger partial charge is 0.254 e. The molecule has 0 radical (unpaired) electrons. The second-order valence-corrected chi connectivity index (χ2v) is 8.28. The molecular formula is C25H23FN4O2. The molecule has 2 aromatic heterocycles. The van der Waals surface area contributed by atoms with Crippen LogP contribution in [0.2, 0.25) is 0 Å². The topological polar surface area (TPSA) is 90.6 Å². The standard InChI is InChI=1S/C25H23FN4O2/c26-19-7-5-17(6-8-19)23-29-21-10-2-15(1-9-20(21)25(32)30-23)14-28-24(31)18-4-3-16-11-12-27-22(16)13-18/h3-8,11-13,15,27H,1-2,9-10,14H2,(H,28,31)(H,29,30,32). The highest BCUT2D eigenvalue weighted by atomic mass is 19.1. The first kappa shape index (κ1) is 20.2. The van der Waals surface area contributed by atoms with E-state index in [2.05, 4.69) is 20.3 Å². The first-order chi connectivity index (χ1) is 15.6. The number of halogens is 1. The molecule has 5 rings (SSSR count). The number of H-pyrrole nitrogens is 2. The molecule has 1 atom stereocenters. The van der Waals surface area contributed by atoms with Crippen LogP contribution >= 0.6 is 0 Å². The van der Waals surface area contributed by atoms with E-state index in [1.165, 1.54) is 12.1 Å². The lowest BCUT2D eigenvalue weighted by Crippen LogP contribution is -2.29. The van der Waals surface area contributed by atoms with Gasteiger partial charge in [0.05, 0.1) is 5.69 Å². The van der Waals surface area contributed by atoms with Crippen LogP contribution in [0.1, 0.15) is 34.5 Å². The summed E-state index contributed by atoms with van der Waals surface area (Å²) in [6.45, 7) is 0.554. The molecule has 1 amide bonds. The summed E-state index contributed by atoms with van der Waals surface area (Å²) in [5, 5.41) is 4.11. The van der Waals surface area contributed by atoms with Gasteiger partial charge < -0.3 is 15.3 Å². The number of nitrogens with one attached hydrogen (secondary N) is 3. The molecule has 0 bridgehead atoms. The van der Waals surface area contributed by atoms with Crippen LogP contribution < -0.4 is 10.9 Å².